The minimum Gasteiger partial charge on any atom is -0.463 e. The number of ether oxygens (including phenoxy) is 1. The molecule has 0 radical (unpaired) electrons. The number of carbonyl (C=O) groups excluding carboxylic acids is 1. The molecule has 3 nitrogen and oxygen atoms in total. The zero-order chi connectivity index (χ0) is 12.3. The van der Waals surface area contributed by atoms with Crippen molar-refractivity contribution in [2.45, 2.75) is 26.2 Å². The molecule has 0 aliphatic carbocycles. The fourth-order valence-corrected chi connectivity index (χ4v) is 1.81. The summed E-state index contributed by atoms with van der Waals surface area (Å²) in [4.78, 5) is 11.3. The largest absolute Gasteiger partial charge is 0.463 e. The van der Waals surface area contributed by atoms with Crippen LogP contribution in [0.4, 0.5) is 0 Å². The van der Waals surface area contributed by atoms with Crippen molar-refractivity contribution in [2.75, 3.05) is 7.11 Å². The van der Waals surface area contributed by atoms with Crippen molar-refractivity contribution in [3.8, 4) is 0 Å². The third-order valence-electron chi connectivity index (χ3n) is 2.79. The standard InChI is InChI=1S/C14H16O3/c1-3-4-5-10-6-7-11-9-13(14(15)16-2)17-12(11)8-10/h6-9H,3-5H2,1-2H3. The molecule has 1 aromatic heterocycles. The second-order valence-electron chi connectivity index (χ2n) is 4.08. The van der Waals surface area contributed by atoms with Gasteiger partial charge < -0.3 is 9.15 Å². The Balaban J connectivity index is 2.31. The molecule has 0 N–H and O–H groups in total. The molecule has 90 valence electrons. The summed E-state index contributed by atoms with van der Waals surface area (Å²) in [5.41, 5.74) is 1.99. The molecule has 0 aliphatic rings. The molecule has 0 unspecified atom stereocenters. The molecule has 0 atom stereocenters. The van der Waals surface area contributed by atoms with Gasteiger partial charge in [0.15, 0.2) is 0 Å². The van der Waals surface area contributed by atoms with Crippen LogP contribution in [0.5, 0.6) is 0 Å². The van der Waals surface area contributed by atoms with Crippen molar-refractivity contribution in [3.05, 3.63) is 35.6 Å². The second kappa shape index (κ2) is 5.04. The predicted octanol–water partition coefficient (Wildman–Crippen LogP) is 3.56. The Morgan fingerprint density at radius 1 is 1.35 bits per heavy atom. The number of hydrogen-bond donors (Lipinski definition) is 0. The highest BCUT2D eigenvalue weighted by molar-refractivity contribution is 5.92. The Bertz CT molecular complexity index is 525. The minimum atomic E-state index is -0.434. The molecule has 0 saturated heterocycles. The zero-order valence-electron chi connectivity index (χ0n) is 10.2. The molecule has 0 bridgehead atoms. The first-order valence-corrected chi connectivity index (χ1v) is 5.85. The monoisotopic (exact) mass is 232 g/mol. The molecular weight excluding hydrogens is 216 g/mol. The van der Waals surface area contributed by atoms with Gasteiger partial charge in [-0.15, -0.1) is 0 Å². The number of esters is 1. The number of methoxy groups -OCH3 is 1. The number of hydrogen-bond acceptors (Lipinski definition) is 3. The molecule has 2 aromatic rings. The molecule has 0 amide bonds. The first kappa shape index (κ1) is 11.7. The lowest BCUT2D eigenvalue weighted by atomic mass is 10.1. The number of furan rings is 1. The molecule has 1 aromatic carbocycles. The van der Waals surface area contributed by atoms with E-state index in [0.717, 1.165) is 23.8 Å². The van der Waals surface area contributed by atoms with Gasteiger partial charge in [-0.25, -0.2) is 4.79 Å². The van der Waals surface area contributed by atoms with Crippen LogP contribution in [0.1, 0.15) is 35.9 Å². The molecule has 3 heteroatoms. The lowest BCUT2D eigenvalue weighted by molar-refractivity contribution is 0.0567. The highest BCUT2D eigenvalue weighted by Crippen LogP contribution is 2.22. The Kier molecular flexibility index (Phi) is 3.47. The number of carbonyl (C=O) groups is 1. The van der Waals surface area contributed by atoms with Crippen LogP contribution in [0.2, 0.25) is 0 Å². The Morgan fingerprint density at radius 3 is 2.88 bits per heavy atom. The molecular formula is C14H16O3. The Morgan fingerprint density at radius 2 is 2.18 bits per heavy atom. The fourth-order valence-electron chi connectivity index (χ4n) is 1.81. The lowest BCUT2D eigenvalue weighted by Gasteiger charge is -1.98. The SMILES string of the molecule is CCCCc1ccc2cc(C(=O)OC)oc2c1. The van der Waals surface area contributed by atoms with Crippen molar-refractivity contribution >= 4 is 16.9 Å². The van der Waals surface area contributed by atoms with E-state index in [1.165, 1.54) is 19.1 Å². The molecule has 0 spiro atoms. The maximum atomic E-state index is 11.3. The Labute approximate surface area is 100 Å². The van der Waals surface area contributed by atoms with E-state index in [-0.39, 0.29) is 5.76 Å². The minimum absolute atomic E-state index is 0.259. The number of benzene rings is 1. The van der Waals surface area contributed by atoms with Gasteiger partial charge in [0.25, 0.3) is 0 Å². The van der Waals surface area contributed by atoms with Crippen LogP contribution in [-0.4, -0.2) is 13.1 Å². The number of fused-ring (bicyclic) bond motifs is 1. The third-order valence-corrected chi connectivity index (χ3v) is 2.79. The molecule has 1 heterocycles. The summed E-state index contributed by atoms with van der Waals surface area (Å²) in [7, 11) is 1.35. The summed E-state index contributed by atoms with van der Waals surface area (Å²) in [5, 5.41) is 0.936. The van der Waals surface area contributed by atoms with Crippen molar-refractivity contribution in [1.82, 2.24) is 0 Å². The second-order valence-corrected chi connectivity index (χ2v) is 4.08. The summed E-state index contributed by atoms with van der Waals surface area (Å²) in [6.07, 6.45) is 3.38. The van der Waals surface area contributed by atoms with E-state index in [9.17, 15) is 4.79 Å². The van der Waals surface area contributed by atoms with Gasteiger partial charge in [-0.05, 0) is 30.5 Å². The molecule has 0 fully saturated rings. The summed E-state index contributed by atoms with van der Waals surface area (Å²) < 4.78 is 10.1. The van der Waals surface area contributed by atoms with Gasteiger partial charge in [0.2, 0.25) is 5.76 Å². The summed E-state index contributed by atoms with van der Waals surface area (Å²) in [5.74, 6) is -0.175. The van der Waals surface area contributed by atoms with E-state index in [2.05, 4.69) is 17.7 Å². The van der Waals surface area contributed by atoms with Crippen LogP contribution < -0.4 is 0 Å². The van der Waals surface area contributed by atoms with Crippen molar-refractivity contribution in [1.29, 1.82) is 0 Å². The predicted molar refractivity (Wildman–Crippen MR) is 66.2 cm³/mol. The summed E-state index contributed by atoms with van der Waals surface area (Å²) in [6.45, 7) is 2.17. The van der Waals surface area contributed by atoms with Crippen LogP contribution in [0.15, 0.2) is 28.7 Å². The average Bonchev–Trinajstić information content (AvgIpc) is 2.78. The molecule has 0 saturated carbocycles. The highest BCUT2D eigenvalue weighted by atomic mass is 16.5. The molecule has 2 rings (SSSR count). The van der Waals surface area contributed by atoms with Crippen LogP contribution in [-0.2, 0) is 11.2 Å². The van der Waals surface area contributed by atoms with Crippen molar-refractivity contribution in [3.63, 3.8) is 0 Å². The van der Waals surface area contributed by atoms with Crippen LogP contribution in [0.3, 0.4) is 0 Å². The van der Waals surface area contributed by atoms with Gasteiger partial charge in [0, 0.05) is 5.39 Å². The van der Waals surface area contributed by atoms with E-state index < -0.39 is 5.97 Å². The van der Waals surface area contributed by atoms with Crippen molar-refractivity contribution < 1.29 is 13.9 Å². The summed E-state index contributed by atoms with van der Waals surface area (Å²) >= 11 is 0. The van der Waals surface area contributed by atoms with E-state index in [1.54, 1.807) is 6.07 Å². The molecule has 17 heavy (non-hydrogen) atoms. The lowest BCUT2D eigenvalue weighted by Crippen LogP contribution is -1.97. The quantitative estimate of drug-likeness (QED) is 0.756. The molecule has 0 aliphatic heterocycles. The van der Waals surface area contributed by atoms with Crippen molar-refractivity contribution in [2.24, 2.45) is 0 Å². The number of rotatable bonds is 4. The smallest absolute Gasteiger partial charge is 0.373 e. The van der Waals surface area contributed by atoms with Gasteiger partial charge in [-0.1, -0.05) is 25.5 Å². The summed E-state index contributed by atoms with van der Waals surface area (Å²) in [6, 6.07) is 7.77. The van der Waals surface area contributed by atoms with Crippen LogP contribution in [0.25, 0.3) is 11.0 Å². The number of unbranched alkanes of at least 4 members (excludes halogenated alkanes) is 1. The van der Waals surface area contributed by atoms with E-state index in [4.69, 9.17) is 4.42 Å². The fraction of sp³-hybridized carbons (Fsp3) is 0.357. The maximum absolute atomic E-state index is 11.3. The number of aryl methyl sites for hydroxylation is 1. The first-order chi connectivity index (χ1) is 8.24. The van der Waals surface area contributed by atoms with Crippen LogP contribution in [0, 0.1) is 0 Å². The van der Waals surface area contributed by atoms with E-state index >= 15 is 0 Å². The third kappa shape index (κ3) is 2.49. The zero-order valence-corrected chi connectivity index (χ0v) is 10.2. The average molecular weight is 232 g/mol. The Hall–Kier alpha value is -1.77. The van der Waals surface area contributed by atoms with Gasteiger partial charge >= 0.3 is 5.97 Å². The van der Waals surface area contributed by atoms with Gasteiger partial charge in [-0.3, -0.25) is 0 Å². The van der Waals surface area contributed by atoms with E-state index in [0.29, 0.717) is 0 Å². The highest BCUT2D eigenvalue weighted by Gasteiger charge is 2.12. The first-order valence-electron chi connectivity index (χ1n) is 5.85. The van der Waals surface area contributed by atoms with Gasteiger partial charge in [-0.2, -0.15) is 0 Å². The maximum Gasteiger partial charge on any atom is 0.373 e. The normalized spacial score (nSPS) is 10.7. The van der Waals surface area contributed by atoms with Gasteiger partial charge in [0.1, 0.15) is 5.58 Å². The van der Waals surface area contributed by atoms with Crippen LogP contribution >= 0.6 is 0 Å². The topological polar surface area (TPSA) is 39.4 Å². The van der Waals surface area contributed by atoms with E-state index in [1.807, 2.05) is 12.1 Å². The van der Waals surface area contributed by atoms with Gasteiger partial charge in [0.05, 0.1) is 7.11 Å².